The zero-order chi connectivity index (χ0) is 18.7. The predicted molar refractivity (Wildman–Crippen MR) is 90.6 cm³/mol. The highest BCUT2D eigenvalue weighted by Crippen LogP contribution is 2.21. The van der Waals surface area contributed by atoms with Crippen molar-refractivity contribution in [3.05, 3.63) is 47.7 Å². The van der Waals surface area contributed by atoms with Gasteiger partial charge in [0.1, 0.15) is 17.8 Å². The molecule has 26 heavy (non-hydrogen) atoms. The summed E-state index contributed by atoms with van der Waals surface area (Å²) in [5.74, 6) is -4.56. The van der Waals surface area contributed by atoms with Crippen molar-refractivity contribution < 1.29 is 18.0 Å². The molecule has 6 nitrogen and oxygen atoms in total. The summed E-state index contributed by atoms with van der Waals surface area (Å²) >= 11 is 0. The third-order valence-corrected chi connectivity index (χ3v) is 4.31. The van der Waals surface area contributed by atoms with Gasteiger partial charge in [-0.15, -0.1) is 0 Å². The molecule has 1 fully saturated rings. The monoisotopic (exact) mass is 365 g/mol. The number of aromatic nitrogens is 2. The van der Waals surface area contributed by atoms with Crippen LogP contribution in [0.4, 0.5) is 24.7 Å². The number of carbonyl (C=O) groups excluding carboxylic acids is 1. The van der Waals surface area contributed by atoms with E-state index in [0.717, 1.165) is 44.9 Å². The van der Waals surface area contributed by atoms with Crippen LogP contribution in [0.3, 0.4) is 0 Å². The Morgan fingerprint density at radius 1 is 1.12 bits per heavy atom. The largest absolute Gasteiger partial charge is 0.354 e. The first-order valence-electron chi connectivity index (χ1n) is 8.23. The number of hydrogen-bond donors (Lipinski definition) is 1. The summed E-state index contributed by atoms with van der Waals surface area (Å²) in [4.78, 5) is 24.7. The van der Waals surface area contributed by atoms with Gasteiger partial charge in [0.15, 0.2) is 17.5 Å². The lowest BCUT2D eigenvalue weighted by Crippen LogP contribution is -2.46. The number of hydrogen-bond acceptors (Lipinski definition) is 5. The molecule has 3 rings (SSSR count). The van der Waals surface area contributed by atoms with Crippen molar-refractivity contribution in [3.8, 4) is 0 Å². The van der Waals surface area contributed by atoms with E-state index in [9.17, 15) is 18.0 Å². The van der Waals surface area contributed by atoms with Crippen LogP contribution >= 0.6 is 0 Å². The van der Waals surface area contributed by atoms with Gasteiger partial charge in [-0.3, -0.25) is 4.79 Å². The number of likely N-dealkylation sites (N-methyl/N-ethyl adjacent to an activating group) is 1. The molecule has 138 valence electrons. The van der Waals surface area contributed by atoms with Crippen molar-refractivity contribution in [2.24, 2.45) is 0 Å². The molecule has 9 heteroatoms. The smallest absolute Gasteiger partial charge is 0.274 e. The zero-order valence-corrected chi connectivity index (χ0v) is 14.2. The van der Waals surface area contributed by atoms with Crippen molar-refractivity contribution in [2.75, 3.05) is 42.9 Å². The normalized spacial score (nSPS) is 15.2. The minimum atomic E-state index is -1.64. The van der Waals surface area contributed by atoms with Crippen LogP contribution in [0.15, 0.2) is 24.5 Å². The molecule has 1 aliphatic heterocycles. The standard InChI is InChI=1S/C17H18F3N5O/c1-2-24-5-7-25(8-6-24)14-9-13(21-10-22-14)17(26)23-12-4-3-11(18)15(19)16(12)20/h3-4,9-10H,2,5-8H2,1H3,(H,23,26). The first-order valence-corrected chi connectivity index (χ1v) is 8.23. The molecular formula is C17H18F3N5O. The maximum absolute atomic E-state index is 13.7. The van der Waals surface area contributed by atoms with Gasteiger partial charge in [0.05, 0.1) is 5.69 Å². The molecule has 1 saturated heterocycles. The molecule has 0 bridgehead atoms. The number of rotatable bonds is 4. The number of carbonyl (C=O) groups is 1. The molecule has 0 saturated carbocycles. The number of nitrogens with zero attached hydrogens (tertiary/aromatic N) is 4. The van der Waals surface area contributed by atoms with Gasteiger partial charge in [0, 0.05) is 32.2 Å². The SMILES string of the molecule is CCN1CCN(c2cc(C(=O)Nc3ccc(F)c(F)c3F)ncn2)CC1. The second-order valence-electron chi connectivity index (χ2n) is 5.86. The van der Waals surface area contributed by atoms with Crippen LogP contribution in [0.2, 0.25) is 0 Å². The summed E-state index contributed by atoms with van der Waals surface area (Å²) in [5.41, 5.74) is -0.442. The Kier molecular flexibility index (Phi) is 5.36. The lowest BCUT2D eigenvalue weighted by atomic mass is 10.2. The number of piperazine rings is 1. The van der Waals surface area contributed by atoms with Crippen molar-refractivity contribution >= 4 is 17.4 Å². The van der Waals surface area contributed by atoms with E-state index in [0.29, 0.717) is 5.82 Å². The number of halogens is 3. The molecule has 1 aromatic carbocycles. The van der Waals surface area contributed by atoms with Gasteiger partial charge in [0.25, 0.3) is 5.91 Å². The minimum absolute atomic E-state index is 0.0112. The fourth-order valence-corrected chi connectivity index (χ4v) is 2.75. The molecule has 1 N–H and O–H groups in total. The molecule has 1 amide bonds. The van der Waals surface area contributed by atoms with E-state index in [2.05, 4.69) is 27.1 Å². The molecule has 0 spiro atoms. The molecule has 2 aromatic rings. The van der Waals surface area contributed by atoms with Crippen molar-refractivity contribution in [3.63, 3.8) is 0 Å². The predicted octanol–water partition coefficient (Wildman–Crippen LogP) is 2.29. The lowest BCUT2D eigenvalue weighted by molar-refractivity contribution is 0.102. The molecule has 0 radical (unpaired) electrons. The maximum Gasteiger partial charge on any atom is 0.274 e. The first-order chi connectivity index (χ1) is 12.5. The summed E-state index contributed by atoms with van der Waals surface area (Å²) in [5, 5.41) is 2.20. The van der Waals surface area contributed by atoms with Gasteiger partial charge in [0.2, 0.25) is 0 Å². The Labute approximate surface area is 148 Å². The summed E-state index contributed by atoms with van der Waals surface area (Å²) in [7, 11) is 0. The Hall–Kier alpha value is -2.68. The Bertz CT molecular complexity index is 809. The van der Waals surface area contributed by atoms with E-state index >= 15 is 0 Å². The Morgan fingerprint density at radius 2 is 1.85 bits per heavy atom. The molecule has 0 aliphatic carbocycles. The van der Waals surface area contributed by atoms with Gasteiger partial charge in [-0.2, -0.15) is 0 Å². The zero-order valence-electron chi connectivity index (χ0n) is 14.2. The maximum atomic E-state index is 13.7. The lowest BCUT2D eigenvalue weighted by Gasteiger charge is -2.34. The van der Waals surface area contributed by atoms with Crippen molar-refractivity contribution in [2.45, 2.75) is 6.92 Å². The van der Waals surface area contributed by atoms with Crippen molar-refractivity contribution in [1.29, 1.82) is 0 Å². The molecule has 0 atom stereocenters. The molecule has 1 aromatic heterocycles. The second kappa shape index (κ2) is 7.69. The number of anilines is 2. The third-order valence-electron chi connectivity index (χ3n) is 4.31. The van der Waals surface area contributed by atoms with Gasteiger partial charge in [-0.1, -0.05) is 6.92 Å². The van der Waals surface area contributed by atoms with Crippen LogP contribution in [0.1, 0.15) is 17.4 Å². The van der Waals surface area contributed by atoms with E-state index < -0.39 is 29.0 Å². The third kappa shape index (κ3) is 3.77. The Balaban J connectivity index is 1.74. The summed E-state index contributed by atoms with van der Waals surface area (Å²) < 4.78 is 40.0. The average Bonchev–Trinajstić information content (AvgIpc) is 2.68. The van der Waals surface area contributed by atoms with Gasteiger partial charge < -0.3 is 15.1 Å². The van der Waals surface area contributed by atoms with E-state index in [1.807, 2.05) is 4.90 Å². The number of benzene rings is 1. The first kappa shape index (κ1) is 18.1. The second-order valence-corrected chi connectivity index (χ2v) is 5.86. The number of amides is 1. The highest BCUT2D eigenvalue weighted by Gasteiger charge is 2.20. The highest BCUT2D eigenvalue weighted by atomic mass is 19.2. The topological polar surface area (TPSA) is 61.4 Å². The van der Waals surface area contributed by atoms with Crippen LogP contribution in [-0.2, 0) is 0 Å². The van der Waals surface area contributed by atoms with Gasteiger partial charge in [-0.25, -0.2) is 23.1 Å². The summed E-state index contributed by atoms with van der Waals surface area (Å²) in [6, 6.07) is 3.19. The molecular weight excluding hydrogens is 347 g/mol. The minimum Gasteiger partial charge on any atom is -0.354 e. The van der Waals surface area contributed by atoms with Crippen LogP contribution in [-0.4, -0.2) is 53.5 Å². The average molecular weight is 365 g/mol. The molecule has 2 heterocycles. The van der Waals surface area contributed by atoms with E-state index in [1.165, 1.54) is 12.4 Å². The summed E-state index contributed by atoms with van der Waals surface area (Å²) in [6.07, 6.45) is 1.25. The van der Waals surface area contributed by atoms with E-state index in [4.69, 9.17) is 0 Å². The van der Waals surface area contributed by atoms with Crippen LogP contribution in [0, 0.1) is 17.5 Å². The van der Waals surface area contributed by atoms with Crippen LogP contribution in [0.25, 0.3) is 0 Å². The fraction of sp³-hybridized carbons (Fsp3) is 0.353. The quantitative estimate of drug-likeness (QED) is 0.843. The van der Waals surface area contributed by atoms with Crippen molar-refractivity contribution in [1.82, 2.24) is 14.9 Å². The highest BCUT2D eigenvalue weighted by molar-refractivity contribution is 6.03. The fourth-order valence-electron chi connectivity index (χ4n) is 2.75. The van der Waals surface area contributed by atoms with E-state index in [1.54, 1.807) is 0 Å². The molecule has 0 unspecified atom stereocenters. The van der Waals surface area contributed by atoms with Gasteiger partial charge in [-0.05, 0) is 18.7 Å². The summed E-state index contributed by atoms with van der Waals surface area (Å²) in [6.45, 7) is 6.39. The van der Waals surface area contributed by atoms with E-state index in [-0.39, 0.29) is 5.69 Å². The number of nitrogens with one attached hydrogen (secondary N) is 1. The van der Waals surface area contributed by atoms with Gasteiger partial charge >= 0.3 is 0 Å². The molecule has 1 aliphatic rings. The van der Waals surface area contributed by atoms with Crippen LogP contribution in [0.5, 0.6) is 0 Å². The van der Waals surface area contributed by atoms with Crippen LogP contribution < -0.4 is 10.2 Å². The Morgan fingerprint density at radius 3 is 2.54 bits per heavy atom.